The van der Waals surface area contributed by atoms with E-state index in [0.29, 0.717) is 6.54 Å². The quantitative estimate of drug-likeness (QED) is 0.664. The summed E-state index contributed by atoms with van der Waals surface area (Å²) in [5.41, 5.74) is 2.01. The molecule has 2 rings (SSSR count). The predicted octanol–water partition coefficient (Wildman–Crippen LogP) is 3.31. The smallest absolute Gasteiger partial charge is 0.408 e. The van der Waals surface area contributed by atoms with E-state index >= 15 is 0 Å². The van der Waals surface area contributed by atoms with Crippen molar-refractivity contribution in [1.29, 1.82) is 0 Å². The average molecular weight is 370 g/mol. The van der Waals surface area contributed by atoms with Crippen molar-refractivity contribution in [3.63, 3.8) is 0 Å². The van der Waals surface area contributed by atoms with Crippen LogP contribution in [0, 0.1) is 0 Å². The van der Waals surface area contributed by atoms with E-state index < -0.39 is 12.1 Å². The normalized spacial score (nSPS) is 11.5. The Morgan fingerprint density at radius 2 is 1.74 bits per heavy atom. The molecule has 0 aliphatic carbocycles. The Morgan fingerprint density at radius 1 is 1.07 bits per heavy atom. The fourth-order valence-corrected chi connectivity index (χ4v) is 2.74. The van der Waals surface area contributed by atoms with Crippen LogP contribution in [0.1, 0.15) is 24.5 Å². The fourth-order valence-electron chi connectivity index (χ4n) is 2.74. The van der Waals surface area contributed by atoms with Crippen molar-refractivity contribution in [1.82, 2.24) is 10.2 Å². The van der Waals surface area contributed by atoms with E-state index in [2.05, 4.69) is 5.32 Å². The molecule has 144 valence electrons. The van der Waals surface area contributed by atoms with E-state index in [0.717, 1.165) is 34.6 Å². The molecule has 0 unspecified atom stereocenters. The van der Waals surface area contributed by atoms with Gasteiger partial charge in [-0.3, -0.25) is 9.69 Å². The first-order valence-electron chi connectivity index (χ1n) is 8.95. The van der Waals surface area contributed by atoms with Gasteiger partial charge in [0.2, 0.25) is 5.91 Å². The number of rotatable bonds is 9. The molecule has 0 radical (unpaired) electrons. The summed E-state index contributed by atoms with van der Waals surface area (Å²) in [5, 5.41) is 12.3. The number of aryl methyl sites for hydroxylation is 1. The molecule has 0 fully saturated rings. The highest BCUT2D eigenvalue weighted by molar-refractivity contribution is 5.84. The molecular weight excluding hydrogens is 344 g/mol. The van der Waals surface area contributed by atoms with Crippen molar-refractivity contribution in [3.05, 3.63) is 65.7 Å². The number of hydrogen-bond acceptors (Lipinski definition) is 3. The van der Waals surface area contributed by atoms with Crippen LogP contribution in [0.2, 0.25) is 0 Å². The van der Waals surface area contributed by atoms with Crippen molar-refractivity contribution in [2.75, 3.05) is 13.7 Å². The Kier molecular flexibility index (Phi) is 7.67. The Hall–Kier alpha value is -3.02. The number of amides is 2. The highest BCUT2D eigenvalue weighted by Crippen LogP contribution is 2.12. The van der Waals surface area contributed by atoms with Crippen LogP contribution in [0.25, 0.3) is 0 Å². The third-order valence-corrected chi connectivity index (χ3v) is 4.39. The van der Waals surface area contributed by atoms with Gasteiger partial charge in [0, 0.05) is 13.1 Å². The molecule has 2 aromatic carbocycles. The maximum Gasteiger partial charge on any atom is 0.408 e. The zero-order chi connectivity index (χ0) is 19.6. The minimum atomic E-state index is -1.11. The van der Waals surface area contributed by atoms with E-state index in [1.165, 1.54) is 0 Å². The molecule has 2 N–H and O–H groups in total. The molecule has 0 bridgehead atoms. The molecule has 0 heterocycles. The van der Waals surface area contributed by atoms with Crippen molar-refractivity contribution < 1.29 is 19.4 Å². The summed E-state index contributed by atoms with van der Waals surface area (Å²) in [6, 6.07) is 16.3. The first kappa shape index (κ1) is 20.3. The van der Waals surface area contributed by atoms with Crippen LogP contribution in [0.5, 0.6) is 5.75 Å². The maximum atomic E-state index is 12.3. The van der Waals surface area contributed by atoms with Crippen molar-refractivity contribution in [3.8, 4) is 5.75 Å². The maximum absolute atomic E-state index is 12.3. The van der Waals surface area contributed by atoms with Gasteiger partial charge in [-0.1, -0.05) is 42.5 Å². The summed E-state index contributed by atoms with van der Waals surface area (Å²) < 4.78 is 5.13. The van der Waals surface area contributed by atoms with Crippen LogP contribution in [0.15, 0.2) is 54.6 Å². The van der Waals surface area contributed by atoms with Gasteiger partial charge in [0.15, 0.2) is 0 Å². The second-order valence-electron chi connectivity index (χ2n) is 6.31. The second-order valence-corrected chi connectivity index (χ2v) is 6.31. The molecule has 0 saturated carbocycles. The van der Waals surface area contributed by atoms with Crippen LogP contribution in [-0.2, 0) is 17.8 Å². The van der Waals surface area contributed by atoms with Crippen LogP contribution in [-0.4, -0.2) is 41.7 Å². The number of methoxy groups -OCH3 is 1. The molecule has 6 heteroatoms. The van der Waals surface area contributed by atoms with E-state index in [9.17, 15) is 14.7 Å². The van der Waals surface area contributed by atoms with E-state index in [1.807, 2.05) is 54.6 Å². The topological polar surface area (TPSA) is 78.9 Å². The highest BCUT2D eigenvalue weighted by Gasteiger charge is 2.25. The standard InChI is InChI=1S/C21H26N2O4/c1-16(23(21(25)26)15-18-7-4-3-5-8-18)20(24)22-14-6-9-17-10-12-19(27-2)13-11-17/h3-5,7-8,10-13,16H,6,9,14-15H2,1-2H3,(H,22,24)(H,25,26)/t16-/m1/s1. The molecule has 2 amide bonds. The summed E-state index contributed by atoms with van der Waals surface area (Å²) >= 11 is 0. The van der Waals surface area contributed by atoms with Gasteiger partial charge in [-0.2, -0.15) is 0 Å². The number of ether oxygens (including phenoxy) is 1. The van der Waals surface area contributed by atoms with Gasteiger partial charge in [0.1, 0.15) is 11.8 Å². The van der Waals surface area contributed by atoms with Gasteiger partial charge in [-0.15, -0.1) is 0 Å². The number of nitrogens with zero attached hydrogens (tertiary/aromatic N) is 1. The number of hydrogen-bond donors (Lipinski definition) is 2. The second kappa shape index (κ2) is 10.2. The first-order valence-corrected chi connectivity index (χ1v) is 8.95. The Labute approximate surface area is 159 Å². The number of carbonyl (C=O) groups excluding carboxylic acids is 1. The number of benzene rings is 2. The molecule has 1 atom stereocenters. The lowest BCUT2D eigenvalue weighted by molar-refractivity contribution is -0.125. The molecule has 0 aliphatic heterocycles. The lowest BCUT2D eigenvalue weighted by Crippen LogP contribution is -2.47. The SMILES string of the molecule is COc1ccc(CCCNC(=O)[C@@H](C)N(Cc2ccccc2)C(=O)O)cc1. The van der Waals surface area contributed by atoms with Gasteiger partial charge in [-0.25, -0.2) is 4.79 Å². The van der Waals surface area contributed by atoms with Gasteiger partial charge in [0.25, 0.3) is 0 Å². The van der Waals surface area contributed by atoms with E-state index in [-0.39, 0.29) is 12.5 Å². The molecule has 27 heavy (non-hydrogen) atoms. The van der Waals surface area contributed by atoms with Crippen LogP contribution in [0.4, 0.5) is 4.79 Å². The number of carboxylic acid groups (broad SMARTS) is 1. The van der Waals surface area contributed by atoms with Crippen molar-refractivity contribution in [2.45, 2.75) is 32.4 Å². The van der Waals surface area contributed by atoms with Gasteiger partial charge < -0.3 is 15.2 Å². The summed E-state index contributed by atoms with van der Waals surface area (Å²) in [4.78, 5) is 25.0. The third kappa shape index (κ3) is 6.33. The minimum absolute atomic E-state index is 0.177. The molecule has 6 nitrogen and oxygen atoms in total. The van der Waals surface area contributed by atoms with Crippen LogP contribution >= 0.6 is 0 Å². The van der Waals surface area contributed by atoms with Crippen LogP contribution < -0.4 is 10.1 Å². The first-order chi connectivity index (χ1) is 13.0. The summed E-state index contributed by atoms with van der Waals surface area (Å²) in [6.07, 6.45) is 0.488. The summed E-state index contributed by atoms with van der Waals surface area (Å²) in [5.74, 6) is 0.524. The lowest BCUT2D eigenvalue weighted by atomic mass is 10.1. The average Bonchev–Trinajstić information content (AvgIpc) is 2.69. The Balaban J connectivity index is 1.81. The minimum Gasteiger partial charge on any atom is -0.497 e. The Bertz CT molecular complexity index is 732. The summed E-state index contributed by atoms with van der Waals surface area (Å²) in [6.45, 7) is 2.28. The number of nitrogens with one attached hydrogen (secondary N) is 1. The largest absolute Gasteiger partial charge is 0.497 e. The fraction of sp³-hybridized carbons (Fsp3) is 0.333. The van der Waals surface area contributed by atoms with E-state index in [4.69, 9.17) is 4.74 Å². The van der Waals surface area contributed by atoms with Crippen molar-refractivity contribution >= 4 is 12.0 Å². The van der Waals surface area contributed by atoms with Crippen LogP contribution in [0.3, 0.4) is 0 Å². The highest BCUT2D eigenvalue weighted by atomic mass is 16.5. The van der Waals surface area contributed by atoms with Gasteiger partial charge in [-0.05, 0) is 43.0 Å². The van der Waals surface area contributed by atoms with Crippen molar-refractivity contribution in [2.24, 2.45) is 0 Å². The molecule has 2 aromatic rings. The summed E-state index contributed by atoms with van der Waals surface area (Å²) in [7, 11) is 1.63. The molecular formula is C21H26N2O4. The number of carbonyl (C=O) groups is 2. The zero-order valence-corrected chi connectivity index (χ0v) is 15.7. The van der Waals surface area contributed by atoms with E-state index in [1.54, 1.807) is 14.0 Å². The monoisotopic (exact) mass is 370 g/mol. The van der Waals surface area contributed by atoms with Gasteiger partial charge in [0.05, 0.1) is 7.11 Å². The molecule has 0 aliphatic rings. The van der Waals surface area contributed by atoms with Gasteiger partial charge >= 0.3 is 6.09 Å². The Morgan fingerprint density at radius 3 is 2.33 bits per heavy atom. The zero-order valence-electron chi connectivity index (χ0n) is 15.7. The lowest BCUT2D eigenvalue weighted by Gasteiger charge is -2.25. The molecule has 0 saturated heterocycles. The predicted molar refractivity (Wildman–Crippen MR) is 104 cm³/mol. The third-order valence-electron chi connectivity index (χ3n) is 4.39. The molecule has 0 aromatic heterocycles. The molecule has 0 spiro atoms.